The van der Waals surface area contributed by atoms with Crippen molar-refractivity contribution in [3.63, 3.8) is 0 Å². The summed E-state index contributed by atoms with van der Waals surface area (Å²) >= 11 is 0. The van der Waals surface area contributed by atoms with Gasteiger partial charge in [0.1, 0.15) is 11.6 Å². The SMILES string of the molecule is CCCCc1nc(O)c(Cc2ccc(-c3cccnc3C)cc2)c(=O)n1C(CC)c1cccc(F)c1. The van der Waals surface area contributed by atoms with E-state index in [4.69, 9.17) is 0 Å². The van der Waals surface area contributed by atoms with Gasteiger partial charge in [-0.15, -0.1) is 0 Å². The van der Waals surface area contributed by atoms with E-state index in [1.165, 1.54) is 12.1 Å². The maximum atomic E-state index is 14.0. The molecule has 5 nitrogen and oxygen atoms in total. The third-order valence-corrected chi connectivity index (χ3v) is 6.60. The highest BCUT2D eigenvalue weighted by Crippen LogP contribution is 2.27. The molecule has 0 bridgehead atoms. The fourth-order valence-electron chi connectivity index (χ4n) is 4.67. The third-order valence-electron chi connectivity index (χ3n) is 6.60. The van der Waals surface area contributed by atoms with Gasteiger partial charge in [0.15, 0.2) is 0 Å². The molecule has 0 fully saturated rings. The highest BCUT2D eigenvalue weighted by molar-refractivity contribution is 5.65. The van der Waals surface area contributed by atoms with Gasteiger partial charge in [0.05, 0.1) is 11.6 Å². The van der Waals surface area contributed by atoms with Crippen LogP contribution in [0.5, 0.6) is 5.88 Å². The van der Waals surface area contributed by atoms with Gasteiger partial charge in [-0.3, -0.25) is 14.3 Å². The number of halogens is 1. The predicted molar refractivity (Wildman–Crippen MR) is 141 cm³/mol. The van der Waals surface area contributed by atoms with Crippen LogP contribution in [0.25, 0.3) is 11.1 Å². The molecule has 2 heterocycles. The van der Waals surface area contributed by atoms with Crippen molar-refractivity contribution in [1.82, 2.24) is 14.5 Å². The molecule has 2 aromatic heterocycles. The molecule has 186 valence electrons. The predicted octanol–water partition coefficient (Wildman–Crippen LogP) is 6.39. The van der Waals surface area contributed by atoms with Crippen LogP contribution in [-0.4, -0.2) is 19.6 Å². The largest absolute Gasteiger partial charge is 0.493 e. The number of benzene rings is 2. The van der Waals surface area contributed by atoms with E-state index in [1.54, 1.807) is 16.8 Å². The Kier molecular flexibility index (Phi) is 7.93. The summed E-state index contributed by atoms with van der Waals surface area (Å²) in [6.07, 6.45) is 4.93. The van der Waals surface area contributed by atoms with E-state index in [2.05, 4.69) is 16.9 Å². The van der Waals surface area contributed by atoms with Crippen molar-refractivity contribution in [3.8, 4) is 17.0 Å². The summed E-state index contributed by atoms with van der Waals surface area (Å²) in [5.41, 5.74) is 4.61. The van der Waals surface area contributed by atoms with E-state index in [0.717, 1.165) is 35.2 Å². The van der Waals surface area contributed by atoms with Gasteiger partial charge in [-0.05, 0) is 54.7 Å². The highest BCUT2D eigenvalue weighted by atomic mass is 19.1. The molecular formula is C30H32FN3O2. The third kappa shape index (κ3) is 5.38. The van der Waals surface area contributed by atoms with E-state index < -0.39 is 0 Å². The minimum atomic E-state index is -0.372. The van der Waals surface area contributed by atoms with Crippen LogP contribution in [0, 0.1) is 12.7 Å². The molecule has 2 aromatic carbocycles. The lowest BCUT2D eigenvalue weighted by molar-refractivity contribution is 0.420. The Labute approximate surface area is 211 Å². The van der Waals surface area contributed by atoms with Gasteiger partial charge in [0.25, 0.3) is 5.56 Å². The van der Waals surface area contributed by atoms with Crippen LogP contribution >= 0.6 is 0 Å². The number of hydrogen-bond donors (Lipinski definition) is 1. The van der Waals surface area contributed by atoms with Gasteiger partial charge in [-0.2, -0.15) is 4.98 Å². The van der Waals surface area contributed by atoms with Gasteiger partial charge in [-0.1, -0.05) is 62.7 Å². The second-order valence-electron chi connectivity index (χ2n) is 9.10. The summed E-state index contributed by atoms with van der Waals surface area (Å²) < 4.78 is 15.7. The number of nitrogens with zero attached hydrogens (tertiary/aromatic N) is 3. The average Bonchev–Trinajstić information content (AvgIpc) is 2.88. The summed E-state index contributed by atoms with van der Waals surface area (Å²) in [6, 6.07) is 17.8. The van der Waals surface area contributed by atoms with Gasteiger partial charge in [0.2, 0.25) is 5.88 Å². The number of pyridine rings is 1. The number of aromatic nitrogens is 3. The Balaban J connectivity index is 1.75. The molecule has 1 atom stereocenters. The lowest BCUT2D eigenvalue weighted by Gasteiger charge is -2.23. The highest BCUT2D eigenvalue weighted by Gasteiger charge is 2.23. The fourth-order valence-corrected chi connectivity index (χ4v) is 4.67. The minimum absolute atomic E-state index is 0.233. The maximum Gasteiger partial charge on any atom is 0.261 e. The zero-order chi connectivity index (χ0) is 25.7. The van der Waals surface area contributed by atoms with Crippen molar-refractivity contribution in [2.24, 2.45) is 0 Å². The summed E-state index contributed by atoms with van der Waals surface area (Å²) in [6.45, 7) is 6.01. The molecule has 1 N–H and O–H groups in total. The van der Waals surface area contributed by atoms with Gasteiger partial charge >= 0.3 is 0 Å². The van der Waals surface area contributed by atoms with Gasteiger partial charge in [0, 0.05) is 30.3 Å². The first-order chi connectivity index (χ1) is 17.4. The Morgan fingerprint density at radius 3 is 2.50 bits per heavy atom. The molecule has 0 saturated carbocycles. The van der Waals surface area contributed by atoms with Crippen LogP contribution in [-0.2, 0) is 12.8 Å². The fraction of sp³-hybridized carbons (Fsp3) is 0.300. The van der Waals surface area contributed by atoms with E-state index >= 15 is 0 Å². The Morgan fingerprint density at radius 2 is 1.83 bits per heavy atom. The molecule has 0 radical (unpaired) electrons. The number of aryl methyl sites for hydroxylation is 2. The molecule has 0 saturated heterocycles. The Bertz CT molecular complexity index is 1400. The first kappa shape index (κ1) is 25.3. The van der Waals surface area contributed by atoms with E-state index in [-0.39, 0.29) is 35.3 Å². The minimum Gasteiger partial charge on any atom is -0.493 e. The number of rotatable bonds is 9. The summed E-state index contributed by atoms with van der Waals surface area (Å²) in [4.78, 5) is 22.7. The lowest BCUT2D eigenvalue weighted by Crippen LogP contribution is -2.32. The van der Waals surface area contributed by atoms with Crippen LogP contribution in [0.4, 0.5) is 4.39 Å². The maximum absolute atomic E-state index is 14.0. The van der Waals surface area contributed by atoms with E-state index in [9.17, 15) is 14.3 Å². The molecule has 6 heteroatoms. The van der Waals surface area contributed by atoms with Crippen molar-refractivity contribution in [1.29, 1.82) is 0 Å². The second kappa shape index (κ2) is 11.3. The first-order valence-electron chi connectivity index (χ1n) is 12.5. The molecular weight excluding hydrogens is 453 g/mol. The Morgan fingerprint density at radius 1 is 1.06 bits per heavy atom. The van der Waals surface area contributed by atoms with Crippen molar-refractivity contribution in [2.75, 3.05) is 0 Å². The molecule has 0 amide bonds. The zero-order valence-electron chi connectivity index (χ0n) is 21.0. The summed E-state index contributed by atoms with van der Waals surface area (Å²) in [5.74, 6) is -0.0461. The monoisotopic (exact) mass is 485 g/mol. The first-order valence-corrected chi connectivity index (χ1v) is 12.5. The molecule has 0 aliphatic heterocycles. The van der Waals surface area contributed by atoms with Crippen LogP contribution in [0.3, 0.4) is 0 Å². The standard InChI is InChI=1S/C30H32FN3O2/c1-4-6-12-28-33-29(35)26(30(36)34(28)27(5-2)23-9-7-10-24(31)19-23)18-21-13-15-22(16-14-21)25-11-8-17-32-20(25)3/h7-11,13-17,19,27,35H,4-6,12,18H2,1-3H3. The summed E-state index contributed by atoms with van der Waals surface area (Å²) in [5, 5.41) is 10.8. The van der Waals surface area contributed by atoms with Crippen molar-refractivity contribution in [3.05, 3.63) is 111 Å². The number of hydrogen-bond acceptors (Lipinski definition) is 4. The molecule has 1 unspecified atom stereocenters. The molecule has 36 heavy (non-hydrogen) atoms. The molecule has 0 aliphatic carbocycles. The average molecular weight is 486 g/mol. The van der Waals surface area contributed by atoms with Crippen molar-refractivity contribution in [2.45, 2.75) is 58.9 Å². The van der Waals surface area contributed by atoms with Gasteiger partial charge in [-0.25, -0.2) is 4.39 Å². The van der Waals surface area contributed by atoms with Crippen molar-refractivity contribution < 1.29 is 9.50 Å². The van der Waals surface area contributed by atoms with Crippen LogP contribution in [0.2, 0.25) is 0 Å². The van der Waals surface area contributed by atoms with Crippen LogP contribution < -0.4 is 5.56 Å². The van der Waals surface area contributed by atoms with Crippen LogP contribution in [0.1, 0.15) is 67.4 Å². The molecule has 0 spiro atoms. The topological polar surface area (TPSA) is 68.0 Å². The summed E-state index contributed by atoms with van der Waals surface area (Å²) in [7, 11) is 0. The second-order valence-corrected chi connectivity index (χ2v) is 9.10. The quantitative estimate of drug-likeness (QED) is 0.298. The Hall–Kier alpha value is -3.80. The van der Waals surface area contributed by atoms with E-state index in [1.807, 2.05) is 56.3 Å². The zero-order valence-corrected chi connectivity index (χ0v) is 21.0. The van der Waals surface area contributed by atoms with Crippen molar-refractivity contribution >= 4 is 0 Å². The van der Waals surface area contributed by atoms with Crippen LogP contribution in [0.15, 0.2) is 71.7 Å². The normalized spacial score (nSPS) is 12.0. The number of aromatic hydroxyl groups is 1. The number of unbranched alkanes of at least 4 members (excludes halogenated alkanes) is 1. The van der Waals surface area contributed by atoms with E-state index in [0.29, 0.717) is 24.2 Å². The molecule has 0 aliphatic rings. The molecule has 4 rings (SSSR count). The molecule has 4 aromatic rings. The lowest BCUT2D eigenvalue weighted by atomic mass is 9.99. The van der Waals surface area contributed by atoms with Gasteiger partial charge < -0.3 is 5.11 Å². The smallest absolute Gasteiger partial charge is 0.261 e.